The summed E-state index contributed by atoms with van der Waals surface area (Å²) >= 11 is 0. The van der Waals surface area contributed by atoms with Crippen molar-refractivity contribution in [3.8, 4) is 0 Å². The third-order valence-electron chi connectivity index (χ3n) is 2.71. The van der Waals surface area contributed by atoms with Gasteiger partial charge in [-0.05, 0) is 41.0 Å². The minimum absolute atomic E-state index is 0.985. The first-order valence-electron chi connectivity index (χ1n) is 6.97. The van der Waals surface area contributed by atoms with E-state index < -0.39 is 0 Å². The molecule has 0 radical (unpaired) electrons. The van der Waals surface area contributed by atoms with Gasteiger partial charge in [-0.15, -0.1) is 0 Å². The predicted molar refractivity (Wildman–Crippen MR) is 89.4 cm³/mol. The fraction of sp³-hybridized carbons (Fsp3) is 0.263. The zero-order valence-electron chi connectivity index (χ0n) is 12.7. The van der Waals surface area contributed by atoms with Gasteiger partial charge in [-0.2, -0.15) is 0 Å². The third-order valence-corrected chi connectivity index (χ3v) is 2.71. The largest absolute Gasteiger partial charge is 0.0988 e. The molecule has 0 spiro atoms. The lowest BCUT2D eigenvalue weighted by atomic mass is 10.0. The van der Waals surface area contributed by atoms with E-state index in [0.29, 0.717) is 0 Å². The Kier molecular flexibility index (Phi) is 9.16. The summed E-state index contributed by atoms with van der Waals surface area (Å²) in [5.41, 5.74) is 2.47. The highest BCUT2D eigenvalue weighted by atomic mass is 14.0. The van der Waals surface area contributed by atoms with Crippen LogP contribution in [-0.4, -0.2) is 0 Å². The van der Waals surface area contributed by atoms with Gasteiger partial charge < -0.3 is 0 Å². The van der Waals surface area contributed by atoms with Gasteiger partial charge in [0.2, 0.25) is 0 Å². The normalized spacial score (nSPS) is 12.7. The maximum atomic E-state index is 4.04. The fourth-order valence-corrected chi connectivity index (χ4v) is 1.74. The molecule has 0 bridgehead atoms. The van der Waals surface area contributed by atoms with Crippen molar-refractivity contribution in [3.05, 3.63) is 70.7 Å². The Morgan fingerprint density at radius 3 is 2.32 bits per heavy atom. The smallest absolute Gasteiger partial charge is 0.0184 e. The highest BCUT2D eigenvalue weighted by molar-refractivity contribution is 5.57. The van der Waals surface area contributed by atoms with E-state index in [4.69, 9.17) is 0 Å². The van der Waals surface area contributed by atoms with Crippen LogP contribution in [0, 0.1) is 0 Å². The first kappa shape index (κ1) is 17.2. The van der Waals surface area contributed by atoms with Crippen molar-refractivity contribution < 1.29 is 0 Å². The lowest BCUT2D eigenvalue weighted by Gasteiger charge is -2.02. The van der Waals surface area contributed by atoms with Crippen molar-refractivity contribution in [2.75, 3.05) is 0 Å². The van der Waals surface area contributed by atoms with E-state index in [9.17, 15) is 0 Å². The van der Waals surface area contributed by atoms with E-state index in [-0.39, 0.29) is 0 Å². The molecule has 0 heteroatoms. The zero-order chi connectivity index (χ0) is 14.7. The van der Waals surface area contributed by atoms with Gasteiger partial charge >= 0.3 is 0 Å². The highest BCUT2D eigenvalue weighted by Crippen LogP contribution is 2.12. The number of benzene rings is 1. The van der Waals surface area contributed by atoms with Crippen molar-refractivity contribution in [2.45, 2.75) is 34.1 Å². The van der Waals surface area contributed by atoms with Gasteiger partial charge in [0.1, 0.15) is 0 Å². The quantitative estimate of drug-likeness (QED) is 0.700. The lowest BCUT2D eigenvalue weighted by Crippen LogP contribution is -2.21. The predicted octanol–water partition coefficient (Wildman–Crippen LogP) is 4.37. The molecule has 0 saturated carbocycles. The zero-order valence-corrected chi connectivity index (χ0v) is 12.7. The van der Waals surface area contributed by atoms with E-state index in [1.54, 1.807) is 0 Å². The maximum absolute atomic E-state index is 4.04. The van der Waals surface area contributed by atoms with E-state index in [2.05, 4.69) is 44.4 Å². The van der Waals surface area contributed by atoms with Crippen LogP contribution < -0.4 is 10.4 Å². The molecular formula is C19H26. The molecule has 0 N–H and O–H groups in total. The maximum Gasteiger partial charge on any atom is -0.0184 e. The third kappa shape index (κ3) is 5.56. The Labute approximate surface area is 118 Å². The second kappa shape index (κ2) is 10.1. The van der Waals surface area contributed by atoms with Crippen molar-refractivity contribution >= 4 is 12.7 Å². The molecule has 0 atom stereocenters. The molecule has 1 aromatic rings. The molecule has 0 amide bonds. The number of rotatable bonds is 4. The Morgan fingerprint density at radius 2 is 1.84 bits per heavy atom. The summed E-state index contributed by atoms with van der Waals surface area (Å²) in [4.78, 5) is 0. The summed E-state index contributed by atoms with van der Waals surface area (Å²) in [6.45, 7) is 16.1. The molecular weight excluding hydrogens is 228 g/mol. The van der Waals surface area contributed by atoms with Crippen LogP contribution >= 0.6 is 0 Å². The number of hydrogen-bond acceptors (Lipinski definition) is 0. The molecule has 0 aliphatic carbocycles. The van der Waals surface area contributed by atoms with Crippen LogP contribution in [-0.2, 0) is 0 Å². The van der Waals surface area contributed by atoms with Gasteiger partial charge in [0.15, 0.2) is 0 Å². The second-order valence-electron chi connectivity index (χ2n) is 3.88. The molecule has 19 heavy (non-hydrogen) atoms. The molecule has 0 fully saturated rings. The summed E-state index contributed by atoms with van der Waals surface area (Å²) in [6.07, 6.45) is 9.25. The summed E-state index contributed by atoms with van der Waals surface area (Å²) < 4.78 is 0. The second-order valence-corrected chi connectivity index (χ2v) is 3.88. The molecule has 0 aliphatic rings. The number of hydrogen-bond donors (Lipinski definition) is 0. The van der Waals surface area contributed by atoms with Crippen molar-refractivity contribution in [3.63, 3.8) is 0 Å². The Hall–Kier alpha value is -1.82. The fourth-order valence-electron chi connectivity index (χ4n) is 1.74. The topological polar surface area (TPSA) is 0 Å². The van der Waals surface area contributed by atoms with Crippen molar-refractivity contribution in [1.29, 1.82) is 0 Å². The average molecular weight is 254 g/mol. The van der Waals surface area contributed by atoms with Crippen LogP contribution in [0.4, 0.5) is 0 Å². The summed E-state index contributed by atoms with van der Waals surface area (Å²) in [7, 11) is 0. The molecule has 0 heterocycles. The van der Waals surface area contributed by atoms with E-state index >= 15 is 0 Å². The molecule has 0 nitrogen and oxygen atoms in total. The van der Waals surface area contributed by atoms with Gasteiger partial charge in [0.05, 0.1) is 0 Å². The van der Waals surface area contributed by atoms with E-state index in [1.807, 2.05) is 45.0 Å². The molecule has 0 aliphatic heterocycles. The molecule has 102 valence electrons. The van der Waals surface area contributed by atoms with E-state index in [1.165, 1.54) is 11.1 Å². The van der Waals surface area contributed by atoms with Crippen molar-refractivity contribution in [1.82, 2.24) is 0 Å². The van der Waals surface area contributed by atoms with Crippen LogP contribution in [0.15, 0.2) is 60.2 Å². The highest BCUT2D eigenvalue weighted by Gasteiger charge is 1.95. The van der Waals surface area contributed by atoms with Gasteiger partial charge in [-0.25, -0.2) is 0 Å². The lowest BCUT2D eigenvalue weighted by molar-refractivity contribution is 1.14. The number of allylic oxidation sites excluding steroid dienone is 5. The first-order valence-corrected chi connectivity index (χ1v) is 6.97. The SMILES string of the molecule is C=C/C(CC)=C(\C=C/C)/C=c1/ccccc1=C.CC. The van der Waals surface area contributed by atoms with Crippen LogP contribution in [0.5, 0.6) is 0 Å². The van der Waals surface area contributed by atoms with Crippen LogP contribution in [0.1, 0.15) is 34.1 Å². The molecule has 1 aromatic carbocycles. The standard InChI is InChI=1S/C17H20.C2H6/c1-5-10-17(15(6-2)7-3)13-16-12-9-8-11-14(16)4;1-2/h5-6,8-13H,2,4,7H2,1,3H3;1-2H3/b10-5-,16-13-,17-15-;. The van der Waals surface area contributed by atoms with Crippen LogP contribution in [0.2, 0.25) is 0 Å². The summed E-state index contributed by atoms with van der Waals surface area (Å²) in [5.74, 6) is 0. The van der Waals surface area contributed by atoms with Crippen LogP contribution in [0.3, 0.4) is 0 Å². The average Bonchev–Trinajstić information content (AvgIpc) is 2.45. The minimum Gasteiger partial charge on any atom is -0.0988 e. The Balaban J connectivity index is 0.00000154. The molecule has 0 unspecified atom stereocenters. The van der Waals surface area contributed by atoms with Crippen LogP contribution in [0.25, 0.3) is 12.7 Å². The monoisotopic (exact) mass is 254 g/mol. The molecule has 0 aromatic heterocycles. The van der Waals surface area contributed by atoms with Gasteiger partial charge in [0.25, 0.3) is 0 Å². The molecule has 0 saturated heterocycles. The van der Waals surface area contributed by atoms with Gasteiger partial charge in [0, 0.05) is 0 Å². The first-order chi connectivity index (χ1) is 9.22. The molecule has 1 rings (SSSR count). The Bertz CT molecular complexity index is 542. The Morgan fingerprint density at radius 1 is 1.21 bits per heavy atom. The minimum atomic E-state index is 0.985. The van der Waals surface area contributed by atoms with E-state index in [0.717, 1.165) is 16.9 Å². The summed E-state index contributed by atoms with van der Waals surface area (Å²) in [6, 6.07) is 8.15. The van der Waals surface area contributed by atoms with Gasteiger partial charge in [-0.3, -0.25) is 0 Å². The van der Waals surface area contributed by atoms with Crippen molar-refractivity contribution in [2.24, 2.45) is 0 Å². The summed E-state index contributed by atoms with van der Waals surface area (Å²) in [5, 5.41) is 2.21. The van der Waals surface area contributed by atoms with Gasteiger partial charge in [-0.1, -0.05) is 76.4 Å².